The average Bonchev–Trinajstić information content (AvgIpc) is 2.41. The first kappa shape index (κ1) is 18.0. The van der Waals surface area contributed by atoms with Crippen molar-refractivity contribution in [3.8, 4) is 5.75 Å². The standard InChI is InChI=1S/C16H27NO3S/c1-4-5-6-13-21(19)17-14-7-9-15(10-8-14)20-16(2,3)11-12-18/h7-10,17-18H,4-6,11-13H2,1-3H3. The van der Waals surface area contributed by atoms with Crippen LogP contribution in [0.2, 0.25) is 0 Å². The molecular weight excluding hydrogens is 286 g/mol. The molecule has 0 fully saturated rings. The van der Waals surface area contributed by atoms with Gasteiger partial charge in [0.1, 0.15) is 22.3 Å². The third-order valence-corrected chi connectivity index (χ3v) is 4.25. The largest absolute Gasteiger partial charge is 0.488 e. The number of benzene rings is 1. The number of nitrogens with one attached hydrogen (secondary N) is 1. The van der Waals surface area contributed by atoms with Crippen molar-refractivity contribution in [3.05, 3.63) is 24.3 Å². The Labute approximate surface area is 130 Å². The summed E-state index contributed by atoms with van der Waals surface area (Å²) in [4.78, 5) is 0. The molecule has 0 aliphatic rings. The highest BCUT2D eigenvalue weighted by atomic mass is 32.2. The minimum absolute atomic E-state index is 0.101. The molecule has 1 rings (SSSR count). The second kappa shape index (κ2) is 9.05. The summed E-state index contributed by atoms with van der Waals surface area (Å²) < 4.78 is 20.6. The molecule has 0 saturated carbocycles. The molecular formula is C16H27NO3S. The zero-order chi connectivity index (χ0) is 15.7. The number of unbranched alkanes of at least 4 members (excludes halogenated alkanes) is 2. The van der Waals surface area contributed by atoms with Gasteiger partial charge < -0.3 is 14.6 Å². The Morgan fingerprint density at radius 2 is 1.90 bits per heavy atom. The van der Waals surface area contributed by atoms with E-state index in [-0.39, 0.29) is 6.61 Å². The van der Waals surface area contributed by atoms with Gasteiger partial charge in [0, 0.05) is 24.5 Å². The molecule has 0 radical (unpaired) electrons. The minimum Gasteiger partial charge on any atom is -0.488 e. The molecule has 0 bridgehead atoms. The molecule has 4 nitrogen and oxygen atoms in total. The highest BCUT2D eigenvalue weighted by Crippen LogP contribution is 2.22. The van der Waals surface area contributed by atoms with Gasteiger partial charge in [-0.15, -0.1) is 0 Å². The van der Waals surface area contributed by atoms with Crippen LogP contribution in [-0.2, 0) is 11.0 Å². The van der Waals surface area contributed by atoms with Gasteiger partial charge in [-0.1, -0.05) is 19.8 Å². The van der Waals surface area contributed by atoms with E-state index in [1.54, 1.807) is 0 Å². The number of aliphatic hydroxyl groups excluding tert-OH is 1. The SMILES string of the molecule is CCCCCS(=O)Nc1ccc(OC(C)(C)CCO)cc1. The number of hydrogen-bond donors (Lipinski definition) is 2. The summed E-state index contributed by atoms with van der Waals surface area (Å²) >= 11 is 0. The van der Waals surface area contributed by atoms with Crippen LogP contribution in [0.15, 0.2) is 24.3 Å². The van der Waals surface area contributed by atoms with Gasteiger partial charge in [-0.2, -0.15) is 0 Å². The number of anilines is 1. The van der Waals surface area contributed by atoms with Crippen molar-refractivity contribution in [1.82, 2.24) is 0 Å². The molecule has 5 heteroatoms. The van der Waals surface area contributed by atoms with Crippen molar-refractivity contribution >= 4 is 16.7 Å². The molecule has 0 aromatic heterocycles. The van der Waals surface area contributed by atoms with E-state index < -0.39 is 16.6 Å². The van der Waals surface area contributed by atoms with Gasteiger partial charge in [-0.3, -0.25) is 0 Å². The molecule has 1 aromatic carbocycles. The highest BCUT2D eigenvalue weighted by Gasteiger charge is 2.18. The summed E-state index contributed by atoms with van der Waals surface area (Å²) in [5.41, 5.74) is 0.435. The molecule has 120 valence electrons. The second-order valence-corrected chi connectivity index (χ2v) is 7.02. The first-order chi connectivity index (χ1) is 9.96. The zero-order valence-corrected chi connectivity index (χ0v) is 14.0. The van der Waals surface area contributed by atoms with Crippen molar-refractivity contribution in [2.75, 3.05) is 17.1 Å². The lowest BCUT2D eigenvalue weighted by molar-refractivity contribution is 0.0765. The topological polar surface area (TPSA) is 58.6 Å². The van der Waals surface area contributed by atoms with E-state index in [1.807, 2.05) is 38.1 Å². The van der Waals surface area contributed by atoms with E-state index in [9.17, 15) is 4.21 Å². The molecule has 0 amide bonds. The van der Waals surface area contributed by atoms with Crippen molar-refractivity contribution in [3.63, 3.8) is 0 Å². The molecule has 1 unspecified atom stereocenters. The molecule has 0 saturated heterocycles. The van der Waals surface area contributed by atoms with Gasteiger partial charge in [0.2, 0.25) is 0 Å². The van der Waals surface area contributed by atoms with Crippen LogP contribution in [0.3, 0.4) is 0 Å². The van der Waals surface area contributed by atoms with Crippen molar-refractivity contribution < 1.29 is 14.1 Å². The zero-order valence-electron chi connectivity index (χ0n) is 13.2. The quantitative estimate of drug-likeness (QED) is 0.650. The highest BCUT2D eigenvalue weighted by molar-refractivity contribution is 7.86. The van der Waals surface area contributed by atoms with Gasteiger partial charge in [-0.25, -0.2) is 4.21 Å². The lowest BCUT2D eigenvalue weighted by Gasteiger charge is -2.25. The lowest BCUT2D eigenvalue weighted by Crippen LogP contribution is -2.29. The van der Waals surface area contributed by atoms with E-state index in [0.717, 1.165) is 30.7 Å². The van der Waals surface area contributed by atoms with E-state index >= 15 is 0 Å². The molecule has 0 spiro atoms. The van der Waals surface area contributed by atoms with Crippen molar-refractivity contribution in [2.24, 2.45) is 0 Å². The number of rotatable bonds is 10. The van der Waals surface area contributed by atoms with E-state index in [2.05, 4.69) is 11.6 Å². The Balaban J connectivity index is 2.48. The van der Waals surface area contributed by atoms with Gasteiger partial charge in [0.15, 0.2) is 0 Å². The first-order valence-corrected chi connectivity index (χ1v) is 8.83. The molecule has 0 aliphatic carbocycles. The summed E-state index contributed by atoms with van der Waals surface area (Å²) in [7, 11) is -1.03. The maximum Gasteiger partial charge on any atom is 0.120 e. The Hall–Kier alpha value is -1.07. The molecule has 21 heavy (non-hydrogen) atoms. The predicted octanol–water partition coefficient (Wildman–Crippen LogP) is 3.49. The van der Waals surface area contributed by atoms with Gasteiger partial charge in [0.25, 0.3) is 0 Å². The van der Waals surface area contributed by atoms with Crippen LogP contribution >= 0.6 is 0 Å². The summed E-state index contributed by atoms with van der Waals surface area (Å²) in [6.07, 6.45) is 3.80. The number of ether oxygens (including phenoxy) is 1. The first-order valence-electron chi connectivity index (χ1n) is 7.52. The van der Waals surface area contributed by atoms with Crippen LogP contribution < -0.4 is 9.46 Å². The molecule has 0 aliphatic heterocycles. The van der Waals surface area contributed by atoms with Crippen LogP contribution in [0.1, 0.15) is 46.5 Å². The fourth-order valence-corrected chi connectivity index (χ4v) is 2.86. The summed E-state index contributed by atoms with van der Waals surface area (Å²) in [6.45, 7) is 6.12. The van der Waals surface area contributed by atoms with E-state index in [4.69, 9.17) is 9.84 Å². The monoisotopic (exact) mass is 313 g/mol. The Morgan fingerprint density at radius 3 is 2.48 bits per heavy atom. The lowest BCUT2D eigenvalue weighted by atomic mass is 10.1. The maximum atomic E-state index is 11.8. The molecule has 2 N–H and O–H groups in total. The molecule has 1 aromatic rings. The Morgan fingerprint density at radius 1 is 1.24 bits per heavy atom. The van der Waals surface area contributed by atoms with Crippen LogP contribution in [0.25, 0.3) is 0 Å². The molecule has 1 atom stereocenters. The fraction of sp³-hybridized carbons (Fsp3) is 0.625. The van der Waals surface area contributed by atoms with Crippen molar-refractivity contribution in [1.29, 1.82) is 0 Å². The third-order valence-electron chi connectivity index (χ3n) is 3.13. The summed E-state index contributed by atoms with van der Waals surface area (Å²) in [6, 6.07) is 7.43. The maximum absolute atomic E-state index is 11.8. The number of hydrogen-bond acceptors (Lipinski definition) is 3. The van der Waals surface area contributed by atoms with Gasteiger partial charge >= 0.3 is 0 Å². The number of aliphatic hydroxyl groups is 1. The predicted molar refractivity (Wildman–Crippen MR) is 89.0 cm³/mol. The smallest absolute Gasteiger partial charge is 0.120 e. The van der Waals surface area contributed by atoms with Crippen LogP contribution in [-0.4, -0.2) is 27.3 Å². The van der Waals surface area contributed by atoms with Gasteiger partial charge in [-0.05, 0) is 44.5 Å². The normalized spacial score (nSPS) is 13.0. The Bertz CT molecular complexity index is 432. The van der Waals surface area contributed by atoms with Crippen LogP contribution in [0.5, 0.6) is 5.75 Å². The van der Waals surface area contributed by atoms with Crippen LogP contribution in [0.4, 0.5) is 5.69 Å². The average molecular weight is 313 g/mol. The van der Waals surface area contributed by atoms with Crippen molar-refractivity contribution in [2.45, 2.75) is 52.1 Å². The third kappa shape index (κ3) is 7.48. The second-order valence-electron chi connectivity index (χ2n) is 5.72. The molecule has 0 heterocycles. The van der Waals surface area contributed by atoms with E-state index in [0.29, 0.717) is 12.2 Å². The summed E-state index contributed by atoms with van der Waals surface area (Å²) in [5.74, 6) is 1.42. The van der Waals surface area contributed by atoms with E-state index in [1.165, 1.54) is 0 Å². The van der Waals surface area contributed by atoms with Crippen LogP contribution in [0, 0.1) is 0 Å². The fourth-order valence-electron chi connectivity index (χ4n) is 1.90. The van der Waals surface area contributed by atoms with Gasteiger partial charge in [0.05, 0.1) is 0 Å². The Kier molecular flexibility index (Phi) is 7.75. The minimum atomic E-state index is -1.03. The summed E-state index contributed by atoms with van der Waals surface area (Å²) in [5, 5.41) is 8.99.